The number of aliphatic hydroxyl groups is 1. The van der Waals surface area contributed by atoms with Gasteiger partial charge in [-0.1, -0.05) is 17.7 Å². The largest absolute Gasteiger partial charge is 0.389 e. The molecule has 0 radical (unpaired) electrons. The maximum Gasteiger partial charge on any atom is 0.126 e. The normalized spacial score (nSPS) is 12.6. The van der Waals surface area contributed by atoms with Crippen molar-refractivity contribution in [1.29, 1.82) is 0 Å². The number of ether oxygens (including phenoxy) is 1. The Kier molecular flexibility index (Phi) is 4.58. The van der Waals surface area contributed by atoms with E-state index in [0.29, 0.717) is 24.0 Å². The number of methoxy groups -OCH3 is 1. The Balaban J connectivity index is 2.19. The maximum atomic E-state index is 9.59. The zero-order valence-electron chi connectivity index (χ0n) is 11.0. The second-order valence-corrected chi connectivity index (χ2v) is 4.84. The molecule has 1 atom stereocenters. The van der Waals surface area contributed by atoms with Crippen LogP contribution >= 0.6 is 11.6 Å². The molecule has 0 saturated heterocycles. The van der Waals surface area contributed by atoms with Gasteiger partial charge in [-0.05, 0) is 30.7 Å². The van der Waals surface area contributed by atoms with Gasteiger partial charge in [0.25, 0.3) is 0 Å². The van der Waals surface area contributed by atoms with Gasteiger partial charge < -0.3 is 15.2 Å². The molecule has 0 unspecified atom stereocenters. The van der Waals surface area contributed by atoms with Crippen LogP contribution in [0.4, 0.5) is 5.82 Å². The molecule has 0 aliphatic heterocycles. The van der Waals surface area contributed by atoms with Crippen molar-refractivity contribution in [3.8, 4) is 0 Å². The third-order valence-electron chi connectivity index (χ3n) is 2.93. The lowest BCUT2D eigenvalue weighted by atomic mass is 10.1. The van der Waals surface area contributed by atoms with Gasteiger partial charge in [0.05, 0.1) is 18.2 Å². The minimum atomic E-state index is -0.553. The number of halogens is 1. The predicted molar refractivity (Wildman–Crippen MR) is 77.9 cm³/mol. The highest BCUT2D eigenvalue weighted by Gasteiger charge is 2.06. The first-order valence-electron chi connectivity index (χ1n) is 6.08. The lowest BCUT2D eigenvalue weighted by Gasteiger charge is -2.12. The summed E-state index contributed by atoms with van der Waals surface area (Å²) >= 11 is 6.09. The van der Waals surface area contributed by atoms with Crippen LogP contribution in [0.2, 0.25) is 5.02 Å². The van der Waals surface area contributed by atoms with E-state index in [4.69, 9.17) is 16.3 Å². The number of benzene rings is 1. The topological polar surface area (TPSA) is 54.4 Å². The molecule has 0 aliphatic carbocycles. The van der Waals surface area contributed by atoms with Crippen molar-refractivity contribution in [3.05, 3.63) is 34.9 Å². The first-order valence-corrected chi connectivity index (χ1v) is 6.46. The Labute approximate surface area is 117 Å². The number of fused-ring (bicyclic) bond motifs is 1. The zero-order chi connectivity index (χ0) is 13.8. The summed E-state index contributed by atoms with van der Waals surface area (Å²) in [4.78, 5) is 4.52. The molecule has 0 spiro atoms. The van der Waals surface area contributed by atoms with Crippen molar-refractivity contribution in [1.82, 2.24) is 4.98 Å². The van der Waals surface area contributed by atoms with Crippen molar-refractivity contribution in [2.24, 2.45) is 0 Å². The summed E-state index contributed by atoms with van der Waals surface area (Å²) in [5, 5.41) is 14.4. The molecule has 2 N–H and O–H groups in total. The van der Waals surface area contributed by atoms with Gasteiger partial charge in [0, 0.05) is 24.1 Å². The molecule has 1 aromatic carbocycles. The van der Waals surface area contributed by atoms with E-state index in [2.05, 4.69) is 10.3 Å². The number of aryl methyl sites for hydroxylation is 1. The number of aromatic nitrogens is 1. The van der Waals surface area contributed by atoms with Crippen LogP contribution in [-0.4, -0.2) is 36.5 Å². The monoisotopic (exact) mass is 280 g/mol. The fourth-order valence-electron chi connectivity index (χ4n) is 1.88. The van der Waals surface area contributed by atoms with Crippen LogP contribution in [0.15, 0.2) is 24.3 Å². The number of nitrogens with zero attached hydrogens (tertiary/aromatic N) is 1. The quantitative estimate of drug-likeness (QED) is 0.884. The first kappa shape index (κ1) is 14.1. The summed E-state index contributed by atoms with van der Waals surface area (Å²) in [6.07, 6.45) is -0.553. The first-order chi connectivity index (χ1) is 9.11. The molecular formula is C14H17ClN2O2. The van der Waals surface area contributed by atoms with Crippen molar-refractivity contribution in [2.75, 3.05) is 25.6 Å². The number of hydrogen-bond acceptors (Lipinski definition) is 4. The highest BCUT2D eigenvalue weighted by molar-refractivity contribution is 6.32. The summed E-state index contributed by atoms with van der Waals surface area (Å²) < 4.78 is 4.87. The highest BCUT2D eigenvalue weighted by atomic mass is 35.5. The van der Waals surface area contributed by atoms with Gasteiger partial charge >= 0.3 is 0 Å². The lowest BCUT2D eigenvalue weighted by molar-refractivity contribution is 0.0727. The van der Waals surface area contributed by atoms with E-state index in [0.717, 1.165) is 16.5 Å². The summed E-state index contributed by atoms with van der Waals surface area (Å²) in [6, 6.07) is 7.68. The molecule has 1 heterocycles. The second kappa shape index (κ2) is 6.19. The molecule has 0 saturated carbocycles. The van der Waals surface area contributed by atoms with Gasteiger partial charge in [0.2, 0.25) is 0 Å². The van der Waals surface area contributed by atoms with Crippen LogP contribution in [0.1, 0.15) is 5.56 Å². The Morgan fingerprint density at radius 1 is 1.37 bits per heavy atom. The number of rotatable bonds is 5. The number of nitrogens with one attached hydrogen (secondary N) is 1. The van der Waals surface area contributed by atoms with Crippen LogP contribution in [0.25, 0.3) is 10.9 Å². The van der Waals surface area contributed by atoms with Crippen LogP contribution in [0, 0.1) is 6.92 Å². The average Bonchev–Trinajstić information content (AvgIpc) is 2.41. The molecular weight excluding hydrogens is 264 g/mol. The third-order valence-corrected chi connectivity index (χ3v) is 3.34. The van der Waals surface area contributed by atoms with Gasteiger partial charge in [0.1, 0.15) is 5.82 Å². The van der Waals surface area contributed by atoms with Crippen molar-refractivity contribution in [2.45, 2.75) is 13.0 Å². The van der Waals surface area contributed by atoms with E-state index in [1.807, 2.05) is 31.2 Å². The molecule has 1 aromatic heterocycles. The maximum absolute atomic E-state index is 9.59. The number of pyridine rings is 1. The number of anilines is 1. The summed E-state index contributed by atoms with van der Waals surface area (Å²) in [6.45, 7) is 2.64. The van der Waals surface area contributed by atoms with Crippen molar-refractivity contribution in [3.63, 3.8) is 0 Å². The molecule has 2 aromatic rings. The van der Waals surface area contributed by atoms with E-state index in [1.54, 1.807) is 7.11 Å². The van der Waals surface area contributed by atoms with E-state index < -0.39 is 6.10 Å². The fourth-order valence-corrected chi connectivity index (χ4v) is 2.03. The Morgan fingerprint density at radius 3 is 2.84 bits per heavy atom. The fraction of sp³-hybridized carbons (Fsp3) is 0.357. The molecule has 5 heteroatoms. The van der Waals surface area contributed by atoms with Gasteiger partial charge in [-0.3, -0.25) is 0 Å². The zero-order valence-corrected chi connectivity index (χ0v) is 11.7. The molecule has 0 bridgehead atoms. The highest BCUT2D eigenvalue weighted by Crippen LogP contribution is 2.24. The van der Waals surface area contributed by atoms with Crippen LogP contribution in [0.3, 0.4) is 0 Å². The number of aliphatic hydroxyl groups excluding tert-OH is 1. The SMILES string of the molecule is COC[C@@H](O)CNc1ccc2ccc(Cl)c(C)c2n1. The van der Waals surface area contributed by atoms with Gasteiger partial charge in [-0.15, -0.1) is 0 Å². The molecule has 0 fully saturated rings. The molecule has 4 nitrogen and oxygen atoms in total. The Hall–Kier alpha value is -1.36. The molecule has 102 valence electrons. The molecule has 19 heavy (non-hydrogen) atoms. The van der Waals surface area contributed by atoms with Crippen molar-refractivity contribution < 1.29 is 9.84 Å². The summed E-state index contributed by atoms with van der Waals surface area (Å²) in [5.74, 6) is 0.716. The average molecular weight is 281 g/mol. The molecule has 2 rings (SSSR count). The minimum Gasteiger partial charge on any atom is -0.389 e. The number of hydrogen-bond donors (Lipinski definition) is 2. The van der Waals surface area contributed by atoms with Gasteiger partial charge in [-0.2, -0.15) is 0 Å². The van der Waals surface area contributed by atoms with Crippen LogP contribution in [-0.2, 0) is 4.74 Å². The summed E-state index contributed by atoms with van der Waals surface area (Å²) in [7, 11) is 1.56. The smallest absolute Gasteiger partial charge is 0.126 e. The van der Waals surface area contributed by atoms with Gasteiger partial charge in [-0.25, -0.2) is 4.98 Å². The van der Waals surface area contributed by atoms with E-state index in [1.165, 1.54) is 0 Å². The van der Waals surface area contributed by atoms with Crippen LogP contribution in [0.5, 0.6) is 0 Å². The van der Waals surface area contributed by atoms with Gasteiger partial charge in [0.15, 0.2) is 0 Å². The predicted octanol–water partition coefficient (Wildman–Crippen LogP) is 2.62. The van der Waals surface area contributed by atoms with E-state index >= 15 is 0 Å². The molecule has 0 aliphatic rings. The van der Waals surface area contributed by atoms with E-state index in [9.17, 15) is 5.11 Å². The molecule has 0 amide bonds. The Bertz CT molecular complexity index is 575. The van der Waals surface area contributed by atoms with E-state index in [-0.39, 0.29) is 0 Å². The van der Waals surface area contributed by atoms with Crippen LogP contribution < -0.4 is 5.32 Å². The summed E-state index contributed by atoms with van der Waals surface area (Å²) in [5.41, 5.74) is 1.83. The lowest BCUT2D eigenvalue weighted by Crippen LogP contribution is -2.24. The minimum absolute atomic E-state index is 0.297. The van der Waals surface area contributed by atoms with Crippen molar-refractivity contribution >= 4 is 28.3 Å². The standard InChI is InChI=1S/C14H17ClN2O2/c1-9-12(15)5-3-10-4-6-13(17-14(9)10)16-7-11(18)8-19-2/h3-6,11,18H,7-8H2,1-2H3,(H,16,17)/t11-/m0/s1. The third kappa shape index (κ3) is 3.35. The Morgan fingerprint density at radius 2 is 2.11 bits per heavy atom. The second-order valence-electron chi connectivity index (χ2n) is 4.43.